The number of ether oxygens (including phenoxy) is 3. The number of nitrogens with one attached hydrogen (secondary N) is 1. The smallest absolute Gasteiger partial charge is 0.412 e. The lowest BCUT2D eigenvalue weighted by Gasteiger charge is -2.08. The van der Waals surface area contributed by atoms with Crippen molar-refractivity contribution < 1.29 is 23.8 Å². The zero-order valence-electron chi connectivity index (χ0n) is 11.5. The Hall–Kier alpha value is -2.06. The quantitative estimate of drug-likeness (QED) is 0.536. The number of carbonyl (C=O) groups excluding carboxylic acids is 2. The van der Waals surface area contributed by atoms with Gasteiger partial charge in [0.1, 0.15) is 12.4 Å². The highest BCUT2D eigenvalue weighted by Crippen LogP contribution is 2.13. The van der Waals surface area contributed by atoms with Crippen molar-refractivity contribution in [2.45, 2.75) is 6.61 Å². The summed E-state index contributed by atoms with van der Waals surface area (Å²) in [6.07, 6.45) is -0.576. The third-order valence-electron chi connectivity index (χ3n) is 2.29. The van der Waals surface area contributed by atoms with Crippen molar-refractivity contribution in [3.63, 3.8) is 0 Å². The first kappa shape index (κ1) is 17.0. The predicted octanol–water partition coefficient (Wildman–Crippen LogP) is 0.555. The molecule has 1 amide bonds. The van der Waals surface area contributed by atoms with Gasteiger partial charge in [-0.05, 0) is 17.7 Å². The Bertz CT molecular complexity index is 452. The molecule has 1 aromatic rings. The molecule has 0 aliphatic rings. The number of benzene rings is 1. The minimum atomic E-state index is -0.841. The zero-order valence-corrected chi connectivity index (χ0v) is 11.5. The minimum absolute atomic E-state index is 0.0697. The summed E-state index contributed by atoms with van der Waals surface area (Å²) >= 11 is 0. The second kappa shape index (κ2) is 9.79. The van der Waals surface area contributed by atoms with Crippen molar-refractivity contribution in [3.8, 4) is 5.75 Å². The van der Waals surface area contributed by atoms with Crippen LogP contribution in [0.2, 0.25) is 0 Å². The van der Waals surface area contributed by atoms with Gasteiger partial charge in [0, 0.05) is 13.1 Å². The van der Waals surface area contributed by atoms with Gasteiger partial charge >= 0.3 is 6.09 Å². The first-order valence-corrected chi connectivity index (χ1v) is 6.36. The van der Waals surface area contributed by atoms with E-state index in [0.717, 1.165) is 5.56 Å². The van der Waals surface area contributed by atoms with Gasteiger partial charge < -0.3 is 25.3 Å². The first-order chi connectivity index (χ1) is 10.1. The van der Waals surface area contributed by atoms with Crippen molar-refractivity contribution in [1.29, 1.82) is 0 Å². The van der Waals surface area contributed by atoms with Gasteiger partial charge in [-0.1, -0.05) is 12.1 Å². The number of nitrogens with two attached hydrogens (primary N) is 1. The van der Waals surface area contributed by atoms with Crippen LogP contribution < -0.4 is 15.8 Å². The van der Waals surface area contributed by atoms with Crippen LogP contribution in [0.15, 0.2) is 24.3 Å². The van der Waals surface area contributed by atoms with Gasteiger partial charge in [-0.2, -0.15) is 0 Å². The molecule has 112 valence electrons. The maximum absolute atomic E-state index is 11.4. The summed E-state index contributed by atoms with van der Waals surface area (Å²) in [5, 5.41) is 2.53. The van der Waals surface area contributed by atoms with E-state index in [1.807, 2.05) is 0 Å². The van der Waals surface area contributed by atoms with Crippen LogP contribution in [0, 0.1) is 0 Å². The molecule has 0 unspecified atom stereocenters. The average Bonchev–Trinajstić information content (AvgIpc) is 2.46. The third-order valence-corrected chi connectivity index (χ3v) is 2.29. The van der Waals surface area contributed by atoms with E-state index in [1.165, 1.54) is 0 Å². The number of amides is 1. The average molecular weight is 292 g/mol. The lowest BCUT2D eigenvalue weighted by atomic mass is 10.2. The molecule has 0 fully saturated rings. The van der Waals surface area contributed by atoms with E-state index in [9.17, 15) is 9.59 Å². The molecule has 0 saturated carbocycles. The molecular weight excluding hydrogens is 275 g/mol. The molecule has 0 bridgehead atoms. The highest BCUT2D eigenvalue weighted by Gasteiger charge is 2.04. The van der Waals surface area contributed by atoms with Crippen molar-refractivity contribution in [1.82, 2.24) is 5.32 Å². The van der Waals surface area contributed by atoms with E-state index in [2.05, 4.69) is 10.1 Å². The Kier molecular flexibility index (Phi) is 7.92. The summed E-state index contributed by atoms with van der Waals surface area (Å²) < 4.78 is 14.8. The van der Waals surface area contributed by atoms with Crippen LogP contribution in [0.25, 0.3) is 0 Å². The molecule has 0 aromatic heterocycles. The second-order valence-corrected chi connectivity index (χ2v) is 3.97. The number of hydrogen-bond acceptors (Lipinski definition) is 6. The molecule has 0 aliphatic carbocycles. The molecule has 0 heterocycles. The SMILES string of the molecule is [B]C(=O)OCc1ccc(OC(=O)NCCOCCN)cc1. The minimum Gasteiger partial charge on any atom is -0.470 e. The highest BCUT2D eigenvalue weighted by atomic mass is 16.6. The van der Waals surface area contributed by atoms with Crippen molar-refractivity contribution in [3.05, 3.63) is 29.8 Å². The van der Waals surface area contributed by atoms with Gasteiger partial charge in [-0.3, -0.25) is 4.79 Å². The Balaban J connectivity index is 2.27. The molecule has 7 nitrogen and oxygen atoms in total. The van der Waals surface area contributed by atoms with Crippen LogP contribution in [-0.2, 0) is 16.1 Å². The standard InChI is InChI=1S/C13H17BN2O5/c14-12(17)20-9-10-1-3-11(4-2-10)21-13(18)16-6-8-19-7-5-15/h1-4H,5-9,15H2,(H,16,18). The fourth-order valence-corrected chi connectivity index (χ4v) is 1.36. The summed E-state index contributed by atoms with van der Waals surface area (Å²) in [6, 6.07) is 6.50. The zero-order chi connectivity index (χ0) is 15.5. The van der Waals surface area contributed by atoms with E-state index >= 15 is 0 Å². The summed E-state index contributed by atoms with van der Waals surface area (Å²) in [5.41, 5.74) is 5.98. The van der Waals surface area contributed by atoms with E-state index < -0.39 is 12.0 Å². The van der Waals surface area contributed by atoms with Gasteiger partial charge in [-0.15, -0.1) is 0 Å². The van der Waals surface area contributed by atoms with Gasteiger partial charge in [0.25, 0.3) is 0 Å². The number of hydrogen-bond donors (Lipinski definition) is 2. The lowest BCUT2D eigenvalue weighted by Crippen LogP contribution is -2.30. The van der Waals surface area contributed by atoms with Gasteiger partial charge in [0.15, 0.2) is 0 Å². The fourth-order valence-electron chi connectivity index (χ4n) is 1.36. The van der Waals surface area contributed by atoms with Crippen LogP contribution in [0.5, 0.6) is 5.75 Å². The topological polar surface area (TPSA) is 99.9 Å². The Morgan fingerprint density at radius 3 is 2.52 bits per heavy atom. The monoisotopic (exact) mass is 292 g/mol. The maximum Gasteiger partial charge on any atom is 0.412 e. The van der Waals surface area contributed by atoms with E-state index in [-0.39, 0.29) is 6.61 Å². The van der Waals surface area contributed by atoms with Crippen molar-refractivity contribution in [2.75, 3.05) is 26.3 Å². The third kappa shape index (κ3) is 7.96. The molecule has 0 spiro atoms. The molecule has 3 N–H and O–H groups in total. The van der Waals surface area contributed by atoms with Crippen LogP contribution in [0.4, 0.5) is 9.59 Å². The second-order valence-electron chi connectivity index (χ2n) is 3.97. The summed E-state index contributed by atoms with van der Waals surface area (Å²) in [4.78, 5) is 21.9. The maximum atomic E-state index is 11.4. The predicted molar refractivity (Wildman–Crippen MR) is 76.3 cm³/mol. The van der Waals surface area contributed by atoms with Gasteiger partial charge in [-0.25, -0.2) is 4.79 Å². The first-order valence-electron chi connectivity index (χ1n) is 6.36. The van der Waals surface area contributed by atoms with Crippen LogP contribution in [0.3, 0.4) is 0 Å². The lowest BCUT2D eigenvalue weighted by molar-refractivity contribution is 0.140. The normalized spacial score (nSPS) is 9.95. The van der Waals surface area contributed by atoms with Crippen molar-refractivity contribution >= 4 is 19.8 Å². The molecule has 1 rings (SSSR count). The molecule has 8 heteroatoms. The van der Waals surface area contributed by atoms with Gasteiger partial charge in [0.05, 0.1) is 13.2 Å². The highest BCUT2D eigenvalue weighted by molar-refractivity contribution is 6.55. The Morgan fingerprint density at radius 1 is 1.19 bits per heavy atom. The van der Waals surface area contributed by atoms with Crippen LogP contribution >= 0.6 is 0 Å². The van der Waals surface area contributed by atoms with E-state index in [0.29, 0.717) is 32.1 Å². The van der Waals surface area contributed by atoms with Gasteiger partial charge in [0.2, 0.25) is 13.7 Å². The summed E-state index contributed by atoms with van der Waals surface area (Å²) in [7, 11) is 4.86. The van der Waals surface area contributed by atoms with E-state index in [1.54, 1.807) is 24.3 Å². The summed E-state index contributed by atoms with van der Waals surface area (Å²) in [6.45, 7) is 1.67. The number of rotatable bonds is 8. The molecule has 1 aromatic carbocycles. The Morgan fingerprint density at radius 2 is 1.90 bits per heavy atom. The van der Waals surface area contributed by atoms with Crippen LogP contribution in [-0.4, -0.2) is 46.1 Å². The molecule has 0 aliphatic heterocycles. The fraction of sp³-hybridized carbons (Fsp3) is 0.385. The largest absolute Gasteiger partial charge is 0.470 e. The molecular formula is C13H17BN2O5. The van der Waals surface area contributed by atoms with Crippen LogP contribution in [0.1, 0.15) is 5.56 Å². The summed E-state index contributed by atoms with van der Waals surface area (Å²) in [5.74, 6) is -0.468. The Labute approximate surface area is 124 Å². The van der Waals surface area contributed by atoms with Crippen molar-refractivity contribution in [2.24, 2.45) is 5.73 Å². The van der Waals surface area contributed by atoms with E-state index in [4.69, 9.17) is 23.1 Å². The molecule has 0 atom stereocenters. The number of carbonyl (C=O) groups is 2. The molecule has 0 saturated heterocycles. The molecule has 2 radical (unpaired) electrons. The molecule has 21 heavy (non-hydrogen) atoms.